The van der Waals surface area contributed by atoms with Crippen LogP contribution in [0.1, 0.15) is 30.6 Å². The fourth-order valence-electron chi connectivity index (χ4n) is 2.20. The molecule has 1 heterocycles. The Kier molecular flexibility index (Phi) is 5.63. The molecule has 1 aromatic carbocycles. The molecular formula is C16H20FN3O. The van der Waals surface area contributed by atoms with Crippen LogP contribution >= 0.6 is 0 Å². The summed E-state index contributed by atoms with van der Waals surface area (Å²) in [5.41, 5.74) is 1.36. The molecule has 1 aromatic heterocycles. The first-order chi connectivity index (χ1) is 10.3. The summed E-state index contributed by atoms with van der Waals surface area (Å²) in [6, 6.07) is 6.66. The molecule has 2 aromatic rings. The van der Waals surface area contributed by atoms with Crippen molar-refractivity contribution in [2.45, 2.75) is 25.8 Å². The first kappa shape index (κ1) is 15.4. The van der Waals surface area contributed by atoms with Crippen LogP contribution in [0.2, 0.25) is 0 Å². The maximum absolute atomic E-state index is 13.9. The van der Waals surface area contributed by atoms with Crippen molar-refractivity contribution in [2.24, 2.45) is 0 Å². The van der Waals surface area contributed by atoms with Gasteiger partial charge in [-0.15, -0.1) is 0 Å². The van der Waals surface area contributed by atoms with Gasteiger partial charge in [-0.1, -0.05) is 25.1 Å². The summed E-state index contributed by atoms with van der Waals surface area (Å²) in [6.45, 7) is 2.90. The van der Waals surface area contributed by atoms with Crippen molar-refractivity contribution in [3.63, 3.8) is 0 Å². The van der Waals surface area contributed by atoms with Crippen molar-refractivity contribution in [1.29, 1.82) is 0 Å². The van der Waals surface area contributed by atoms with Gasteiger partial charge in [0, 0.05) is 12.4 Å². The van der Waals surface area contributed by atoms with Gasteiger partial charge in [0.2, 0.25) is 5.88 Å². The first-order valence-corrected chi connectivity index (χ1v) is 7.08. The SMILES string of the molecule is CCCNC(Cc1ccccc1F)c1nccnc1OC. The largest absolute Gasteiger partial charge is 0.480 e. The Balaban J connectivity index is 2.28. The smallest absolute Gasteiger partial charge is 0.237 e. The number of halogens is 1. The molecule has 0 spiro atoms. The van der Waals surface area contributed by atoms with E-state index < -0.39 is 0 Å². The van der Waals surface area contributed by atoms with Crippen LogP contribution in [-0.4, -0.2) is 23.6 Å². The van der Waals surface area contributed by atoms with E-state index in [1.165, 1.54) is 6.07 Å². The molecular weight excluding hydrogens is 269 g/mol. The van der Waals surface area contributed by atoms with E-state index in [1.807, 2.05) is 6.07 Å². The van der Waals surface area contributed by atoms with Gasteiger partial charge in [0.1, 0.15) is 11.5 Å². The summed E-state index contributed by atoms with van der Waals surface area (Å²) < 4.78 is 19.1. The maximum Gasteiger partial charge on any atom is 0.237 e. The lowest BCUT2D eigenvalue weighted by molar-refractivity contribution is 0.375. The molecule has 1 unspecified atom stereocenters. The van der Waals surface area contributed by atoms with Crippen LogP contribution in [0, 0.1) is 5.82 Å². The molecule has 112 valence electrons. The van der Waals surface area contributed by atoms with Crippen molar-refractivity contribution in [3.05, 3.63) is 53.7 Å². The quantitative estimate of drug-likeness (QED) is 0.851. The molecule has 5 heteroatoms. The Morgan fingerprint density at radius 2 is 2.00 bits per heavy atom. The van der Waals surface area contributed by atoms with E-state index >= 15 is 0 Å². The predicted octanol–water partition coefficient (Wildman–Crippen LogP) is 2.91. The summed E-state index contributed by atoms with van der Waals surface area (Å²) in [5.74, 6) is 0.270. The lowest BCUT2D eigenvalue weighted by Gasteiger charge is -2.19. The second kappa shape index (κ2) is 7.69. The van der Waals surface area contributed by atoms with Gasteiger partial charge in [0.15, 0.2) is 0 Å². The number of nitrogens with zero attached hydrogens (tertiary/aromatic N) is 2. The molecule has 0 aliphatic carbocycles. The van der Waals surface area contributed by atoms with Gasteiger partial charge >= 0.3 is 0 Å². The molecule has 2 rings (SSSR count). The molecule has 0 aliphatic heterocycles. The molecule has 0 fully saturated rings. The third-order valence-corrected chi connectivity index (χ3v) is 3.24. The van der Waals surface area contributed by atoms with Gasteiger partial charge in [0.05, 0.1) is 13.2 Å². The van der Waals surface area contributed by atoms with Crippen molar-refractivity contribution >= 4 is 0 Å². The van der Waals surface area contributed by atoms with Crippen LogP contribution in [0.25, 0.3) is 0 Å². The van der Waals surface area contributed by atoms with Gasteiger partial charge in [-0.05, 0) is 31.0 Å². The molecule has 4 nitrogen and oxygen atoms in total. The lowest BCUT2D eigenvalue weighted by atomic mass is 10.0. The van der Waals surface area contributed by atoms with Crippen molar-refractivity contribution < 1.29 is 9.13 Å². The molecule has 0 saturated heterocycles. The zero-order valence-corrected chi connectivity index (χ0v) is 12.3. The van der Waals surface area contributed by atoms with E-state index in [-0.39, 0.29) is 11.9 Å². The number of aromatic nitrogens is 2. The van der Waals surface area contributed by atoms with Crippen LogP contribution in [0.5, 0.6) is 5.88 Å². The van der Waals surface area contributed by atoms with Crippen LogP contribution in [0.15, 0.2) is 36.7 Å². The highest BCUT2D eigenvalue weighted by Gasteiger charge is 2.19. The second-order valence-electron chi connectivity index (χ2n) is 4.75. The number of methoxy groups -OCH3 is 1. The summed E-state index contributed by atoms with van der Waals surface area (Å²) >= 11 is 0. The van der Waals surface area contributed by atoms with E-state index in [0.717, 1.165) is 13.0 Å². The number of hydrogen-bond acceptors (Lipinski definition) is 4. The average Bonchev–Trinajstić information content (AvgIpc) is 2.53. The van der Waals surface area contributed by atoms with Gasteiger partial charge in [-0.3, -0.25) is 4.98 Å². The molecule has 1 atom stereocenters. The Bertz CT molecular complexity index is 577. The minimum Gasteiger partial charge on any atom is -0.480 e. The normalized spacial score (nSPS) is 12.1. The van der Waals surface area contributed by atoms with Crippen LogP contribution in [-0.2, 0) is 6.42 Å². The predicted molar refractivity (Wildman–Crippen MR) is 79.7 cm³/mol. The van der Waals surface area contributed by atoms with E-state index in [4.69, 9.17) is 4.74 Å². The molecule has 1 N–H and O–H groups in total. The van der Waals surface area contributed by atoms with Gasteiger partial charge in [-0.2, -0.15) is 0 Å². The highest BCUT2D eigenvalue weighted by atomic mass is 19.1. The minimum atomic E-state index is -0.205. The second-order valence-corrected chi connectivity index (χ2v) is 4.75. The topological polar surface area (TPSA) is 47.0 Å². The Morgan fingerprint density at radius 3 is 2.71 bits per heavy atom. The van der Waals surface area contributed by atoms with Gasteiger partial charge in [-0.25, -0.2) is 9.37 Å². The third-order valence-electron chi connectivity index (χ3n) is 3.24. The highest BCUT2D eigenvalue weighted by molar-refractivity contribution is 5.26. The monoisotopic (exact) mass is 289 g/mol. The maximum atomic E-state index is 13.9. The summed E-state index contributed by atoms with van der Waals surface area (Å²) in [4.78, 5) is 8.53. The number of nitrogens with one attached hydrogen (secondary N) is 1. The molecule has 21 heavy (non-hydrogen) atoms. The Labute approximate surface area is 124 Å². The van der Waals surface area contributed by atoms with Crippen molar-refractivity contribution in [2.75, 3.05) is 13.7 Å². The Hall–Kier alpha value is -2.01. The van der Waals surface area contributed by atoms with Crippen LogP contribution < -0.4 is 10.1 Å². The number of benzene rings is 1. The summed E-state index contributed by atoms with van der Waals surface area (Å²) in [5, 5.41) is 3.39. The molecule has 0 aliphatic rings. The number of hydrogen-bond donors (Lipinski definition) is 1. The molecule has 0 amide bonds. The van der Waals surface area contributed by atoms with Gasteiger partial charge < -0.3 is 10.1 Å². The first-order valence-electron chi connectivity index (χ1n) is 7.08. The number of ether oxygens (including phenoxy) is 1. The fourth-order valence-corrected chi connectivity index (χ4v) is 2.20. The zero-order chi connectivity index (χ0) is 15.1. The average molecular weight is 289 g/mol. The van der Waals surface area contributed by atoms with Gasteiger partial charge in [0.25, 0.3) is 0 Å². The molecule has 0 radical (unpaired) electrons. The van der Waals surface area contributed by atoms with E-state index in [9.17, 15) is 4.39 Å². The lowest BCUT2D eigenvalue weighted by Crippen LogP contribution is -2.26. The van der Waals surface area contributed by atoms with Crippen molar-refractivity contribution in [1.82, 2.24) is 15.3 Å². The van der Waals surface area contributed by atoms with E-state index in [1.54, 1.807) is 31.6 Å². The summed E-state index contributed by atoms with van der Waals surface area (Å²) in [6.07, 6.45) is 4.69. The fraction of sp³-hybridized carbons (Fsp3) is 0.375. The minimum absolute atomic E-state index is 0.134. The molecule has 0 saturated carbocycles. The number of rotatable bonds is 7. The van der Waals surface area contributed by atoms with Crippen LogP contribution in [0.3, 0.4) is 0 Å². The Morgan fingerprint density at radius 1 is 1.24 bits per heavy atom. The molecule has 0 bridgehead atoms. The van der Waals surface area contributed by atoms with E-state index in [0.29, 0.717) is 23.6 Å². The zero-order valence-electron chi connectivity index (χ0n) is 12.3. The van der Waals surface area contributed by atoms with Crippen LogP contribution in [0.4, 0.5) is 4.39 Å². The van der Waals surface area contributed by atoms with Crippen molar-refractivity contribution in [3.8, 4) is 5.88 Å². The highest BCUT2D eigenvalue weighted by Crippen LogP contribution is 2.24. The standard InChI is InChI=1S/C16H20FN3O/c1-3-8-18-14(11-12-6-4-5-7-13(12)17)15-16(21-2)20-10-9-19-15/h4-7,9-10,14,18H,3,8,11H2,1-2H3. The van der Waals surface area contributed by atoms with E-state index in [2.05, 4.69) is 22.2 Å². The third kappa shape index (κ3) is 3.98. The summed E-state index contributed by atoms with van der Waals surface area (Å²) in [7, 11) is 1.56.